The van der Waals surface area contributed by atoms with Crippen LogP contribution < -0.4 is 0 Å². The average molecular weight is 510 g/mol. The van der Waals surface area contributed by atoms with Gasteiger partial charge in [-0.15, -0.1) is 26.2 Å². The number of likely N-dealkylation sites (N-methyl/N-ethyl adjacent to an activating group) is 3. The standard InChI is InChI=1S/3C7H15N.C6H7.Zr/c3*1-4-7-8(5-2)6-3;1-6-4-2-3-5-6;/h3*4H,1,5-7H2,2-3H3;2,4H,3H2,1H3;/q;;;-1;. The summed E-state index contributed by atoms with van der Waals surface area (Å²) >= 11 is 0. The molecule has 1 aliphatic rings. The van der Waals surface area contributed by atoms with Crippen molar-refractivity contribution >= 4 is 0 Å². The first-order valence-corrected chi connectivity index (χ1v) is 11.7. The van der Waals surface area contributed by atoms with Crippen molar-refractivity contribution in [2.75, 3.05) is 58.9 Å². The molecule has 0 radical (unpaired) electrons. The van der Waals surface area contributed by atoms with Gasteiger partial charge in [-0.1, -0.05) is 66.7 Å². The van der Waals surface area contributed by atoms with Gasteiger partial charge in [0.05, 0.1) is 0 Å². The van der Waals surface area contributed by atoms with Gasteiger partial charge in [-0.2, -0.15) is 6.08 Å². The molecule has 0 N–H and O–H groups in total. The summed E-state index contributed by atoms with van der Waals surface area (Å²) in [5.41, 5.74) is 1.27. The molecule has 3 nitrogen and oxygen atoms in total. The van der Waals surface area contributed by atoms with Crippen LogP contribution >= 0.6 is 0 Å². The third-order valence-corrected chi connectivity index (χ3v) is 4.71. The van der Waals surface area contributed by atoms with E-state index >= 15 is 0 Å². The minimum atomic E-state index is 0. The molecule has 0 spiro atoms. The van der Waals surface area contributed by atoms with E-state index in [2.05, 4.69) is 101 Å². The molecule has 0 amide bonds. The van der Waals surface area contributed by atoms with Crippen molar-refractivity contribution < 1.29 is 26.2 Å². The maximum Gasteiger partial charge on any atom is 0.0160 e. The van der Waals surface area contributed by atoms with Crippen LogP contribution in [0.3, 0.4) is 0 Å². The largest absolute Gasteiger partial charge is 0.300 e. The fourth-order valence-corrected chi connectivity index (χ4v) is 2.51. The molecule has 1 rings (SSSR count). The Labute approximate surface area is 215 Å². The van der Waals surface area contributed by atoms with Crippen LogP contribution in [0.2, 0.25) is 0 Å². The van der Waals surface area contributed by atoms with E-state index in [0.29, 0.717) is 0 Å². The molecule has 0 atom stereocenters. The van der Waals surface area contributed by atoms with Crippen molar-refractivity contribution in [2.45, 2.75) is 54.9 Å². The zero-order valence-electron chi connectivity index (χ0n) is 21.9. The van der Waals surface area contributed by atoms with E-state index in [1.54, 1.807) is 0 Å². The summed E-state index contributed by atoms with van der Waals surface area (Å²) < 4.78 is 0. The summed E-state index contributed by atoms with van der Waals surface area (Å²) in [5.74, 6) is 0. The minimum Gasteiger partial charge on any atom is -0.300 e. The molecule has 0 aromatic heterocycles. The smallest absolute Gasteiger partial charge is 0.0160 e. The predicted molar refractivity (Wildman–Crippen MR) is 140 cm³/mol. The summed E-state index contributed by atoms with van der Waals surface area (Å²) in [6, 6.07) is 0. The van der Waals surface area contributed by atoms with Gasteiger partial charge in [0.1, 0.15) is 0 Å². The quantitative estimate of drug-likeness (QED) is 0.228. The van der Waals surface area contributed by atoms with Crippen molar-refractivity contribution in [3.63, 3.8) is 0 Å². The molecule has 0 heterocycles. The molecular weight excluding hydrogens is 458 g/mol. The summed E-state index contributed by atoms with van der Waals surface area (Å²) in [6.07, 6.45) is 14.1. The monoisotopic (exact) mass is 508 g/mol. The zero-order valence-corrected chi connectivity index (χ0v) is 24.4. The molecule has 0 unspecified atom stereocenters. The van der Waals surface area contributed by atoms with Gasteiger partial charge in [-0.05, 0) is 39.3 Å². The predicted octanol–water partition coefficient (Wildman–Crippen LogP) is 6.24. The second-order valence-electron chi connectivity index (χ2n) is 6.79. The molecule has 0 saturated heterocycles. The number of rotatable bonds is 12. The Bertz CT molecular complexity index is 386. The second kappa shape index (κ2) is 31.6. The zero-order chi connectivity index (χ0) is 23.6. The SMILES string of the molecule is C=CCN(CC)CC.C=CCN(CC)CC.C=CCN(CC)CC.CC1=[C-]CC=C1.[Zr]. The van der Waals surface area contributed by atoms with E-state index in [4.69, 9.17) is 0 Å². The normalized spacial score (nSPS) is 11.2. The molecule has 31 heavy (non-hydrogen) atoms. The Hall–Kier alpha value is -0.537. The number of nitrogens with zero attached hydrogens (tertiary/aromatic N) is 3. The summed E-state index contributed by atoms with van der Waals surface area (Å²) in [5, 5.41) is 0. The number of hydrogen-bond acceptors (Lipinski definition) is 3. The van der Waals surface area contributed by atoms with Crippen molar-refractivity contribution in [1.29, 1.82) is 0 Å². The van der Waals surface area contributed by atoms with Crippen molar-refractivity contribution in [1.82, 2.24) is 14.7 Å². The van der Waals surface area contributed by atoms with Gasteiger partial charge in [0.2, 0.25) is 0 Å². The summed E-state index contributed by atoms with van der Waals surface area (Å²) in [7, 11) is 0. The topological polar surface area (TPSA) is 9.72 Å². The van der Waals surface area contributed by atoms with Gasteiger partial charge in [0.25, 0.3) is 0 Å². The van der Waals surface area contributed by atoms with E-state index in [-0.39, 0.29) is 26.2 Å². The van der Waals surface area contributed by atoms with Crippen molar-refractivity contribution in [2.24, 2.45) is 0 Å². The fourth-order valence-electron chi connectivity index (χ4n) is 2.51. The molecule has 0 saturated carbocycles. The molecular formula is C27H52N3Zr-. The first kappa shape index (κ1) is 37.8. The average Bonchev–Trinajstić information content (AvgIpc) is 3.26. The molecule has 0 aliphatic heterocycles. The van der Waals surface area contributed by atoms with Crippen LogP contribution in [0.25, 0.3) is 0 Å². The Balaban J connectivity index is -0.000000156. The summed E-state index contributed by atoms with van der Waals surface area (Å²) in [4.78, 5) is 6.94. The van der Waals surface area contributed by atoms with Gasteiger partial charge in [-0.3, -0.25) is 6.08 Å². The molecule has 0 aromatic carbocycles. The first-order chi connectivity index (χ1) is 14.4. The van der Waals surface area contributed by atoms with Gasteiger partial charge in [0, 0.05) is 45.8 Å². The van der Waals surface area contributed by atoms with Gasteiger partial charge < -0.3 is 14.7 Å². The van der Waals surface area contributed by atoms with E-state index in [1.165, 1.54) is 5.57 Å². The van der Waals surface area contributed by atoms with Crippen LogP contribution in [-0.2, 0) is 26.2 Å². The van der Waals surface area contributed by atoms with Gasteiger partial charge in [0.15, 0.2) is 0 Å². The molecule has 4 heteroatoms. The number of hydrogen-bond donors (Lipinski definition) is 0. The Morgan fingerprint density at radius 1 is 0.710 bits per heavy atom. The van der Waals surface area contributed by atoms with Crippen LogP contribution in [0.1, 0.15) is 54.9 Å². The van der Waals surface area contributed by atoms with Crippen LogP contribution in [-0.4, -0.2) is 73.6 Å². The fraction of sp³-hybridized carbons (Fsp3) is 0.630. The maximum atomic E-state index is 3.65. The molecule has 0 aromatic rings. The Kier molecular flexibility index (Phi) is 38.6. The van der Waals surface area contributed by atoms with E-state index in [1.807, 2.05) is 18.2 Å². The summed E-state index contributed by atoms with van der Waals surface area (Å²) in [6.45, 7) is 35.8. The maximum absolute atomic E-state index is 3.65. The van der Waals surface area contributed by atoms with E-state index in [9.17, 15) is 0 Å². The van der Waals surface area contributed by atoms with Gasteiger partial charge >= 0.3 is 0 Å². The van der Waals surface area contributed by atoms with Gasteiger partial charge in [-0.25, -0.2) is 11.6 Å². The van der Waals surface area contributed by atoms with E-state index in [0.717, 1.165) is 65.3 Å². The third-order valence-electron chi connectivity index (χ3n) is 4.71. The van der Waals surface area contributed by atoms with Crippen molar-refractivity contribution in [3.05, 3.63) is 61.8 Å². The van der Waals surface area contributed by atoms with Crippen LogP contribution in [0.4, 0.5) is 0 Å². The van der Waals surface area contributed by atoms with E-state index < -0.39 is 0 Å². The third kappa shape index (κ3) is 29.5. The minimum absolute atomic E-state index is 0. The molecule has 0 bridgehead atoms. The Morgan fingerprint density at radius 2 is 1.00 bits per heavy atom. The van der Waals surface area contributed by atoms with Crippen LogP contribution in [0.5, 0.6) is 0 Å². The van der Waals surface area contributed by atoms with Crippen molar-refractivity contribution in [3.8, 4) is 0 Å². The first-order valence-electron chi connectivity index (χ1n) is 11.7. The Morgan fingerprint density at radius 3 is 1.06 bits per heavy atom. The molecule has 0 fully saturated rings. The van der Waals surface area contributed by atoms with Crippen LogP contribution in [0, 0.1) is 6.08 Å². The second-order valence-corrected chi connectivity index (χ2v) is 6.79. The number of allylic oxidation sites excluding steroid dienone is 4. The van der Waals surface area contributed by atoms with Crippen LogP contribution in [0.15, 0.2) is 55.7 Å². The molecule has 1 aliphatic carbocycles. The molecule has 180 valence electrons.